The molecule has 2 atom stereocenters. The standard InChI is InChI=1S/C11H19NO2/c1-8-4-10(2,3)6-11(5-8)7-14-9(13)12-11/h8H,4-7H2,1-3H3,(H,12,13). The lowest BCUT2D eigenvalue weighted by Gasteiger charge is -2.44. The van der Waals surface area contributed by atoms with Crippen molar-refractivity contribution in [3.8, 4) is 0 Å². The predicted molar refractivity (Wildman–Crippen MR) is 54.0 cm³/mol. The lowest BCUT2D eigenvalue weighted by Crippen LogP contribution is -2.51. The lowest BCUT2D eigenvalue weighted by molar-refractivity contribution is 0.0825. The molecular weight excluding hydrogens is 178 g/mol. The van der Waals surface area contributed by atoms with E-state index < -0.39 is 0 Å². The number of hydrogen-bond acceptors (Lipinski definition) is 2. The number of carbonyl (C=O) groups is 1. The van der Waals surface area contributed by atoms with Crippen LogP contribution >= 0.6 is 0 Å². The molecule has 2 unspecified atom stereocenters. The molecular formula is C11H19NO2. The van der Waals surface area contributed by atoms with Gasteiger partial charge in [-0.1, -0.05) is 20.8 Å². The number of ether oxygens (including phenoxy) is 1. The van der Waals surface area contributed by atoms with Crippen molar-refractivity contribution in [2.24, 2.45) is 11.3 Å². The van der Waals surface area contributed by atoms with Crippen LogP contribution in [0.5, 0.6) is 0 Å². The van der Waals surface area contributed by atoms with Gasteiger partial charge in [-0.15, -0.1) is 0 Å². The van der Waals surface area contributed by atoms with E-state index in [0.29, 0.717) is 17.9 Å². The molecule has 14 heavy (non-hydrogen) atoms. The Morgan fingerprint density at radius 2 is 2.14 bits per heavy atom. The predicted octanol–water partition coefficient (Wildman–Crippen LogP) is 2.31. The Morgan fingerprint density at radius 3 is 2.64 bits per heavy atom. The van der Waals surface area contributed by atoms with Crippen LogP contribution in [0, 0.1) is 11.3 Å². The number of amides is 1. The maximum Gasteiger partial charge on any atom is 0.407 e. The Labute approximate surface area is 85.2 Å². The van der Waals surface area contributed by atoms with Gasteiger partial charge in [0.05, 0.1) is 5.54 Å². The summed E-state index contributed by atoms with van der Waals surface area (Å²) >= 11 is 0. The van der Waals surface area contributed by atoms with Crippen LogP contribution in [-0.4, -0.2) is 18.2 Å². The van der Waals surface area contributed by atoms with E-state index >= 15 is 0 Å². The van der Waals surface area contributed by atoms with Gasteiger partial charge in [0.1, 0.15) is 6.61 Å². The highest BCUT2D eigenvalue weighted by molar-refractivity contribution is 5.70. The Morgan fingerprint density at radius 1 is 1.43 bits per heavy atom. The Balaban J connectivity index is 2.16. The molecule has 0 bridgehead atoms. The minimum atomic E-state index is -0.241. The van der Waals surface area contributed by atoms with Crippen molar-refractivity contribution in [3.05, 3.63) is 0 Å². The highest BCUT2D eigenvalue weighted by atomic mass is 16.6. The Hall–Kier alpha value is -0.730. The molecule has 1 saturated carbocycles. The van der Waals surface area contributed by atoms with Gasteiger partial charge in [0.25, 0.3) is 0 Å². The molecule has 1 saturated heterocycles. The third-order valence-electron chi connectivity index (χ3n) is 3.30. The molecule has 0 radical (unpaired) electrons. The quantitative estimate of drug-likeness (QED) is 0.647. The summed E-state index contributed by atoms with van der Waals surface area (Å²) in [7, 11) is 0. The lowest BCUT2D eigenvalue weighted by atomic mass is 9.65. The summed E-state index contributed by atoms with van der Waals surface area (Å²) in [5.74, 6) is 0.667. The number of nitrogens with one attached hydrogen (secondary N) is 1. The van der Waals surface area contributed by atoms with Crippen LogP contribution in [0.3, 0.4) is 0 Å². The molecule has 1 amide bonds. The van der Waals surface area contributed by atoms with Crippen LogP contribution in [0.2, 0.25) is 0 Å². The van der Waals surface area contributed by atoms with Crippen LogP contribution in [0.4, 0.5) is 4.79 Å². The Bertz CT molecular complexity index is 262. The van der Waals surface area contributed by atoms with Crippen LogP contribution in [-0.2, 0) is 4.74 Å². The van der Waals surface area contributed by atoms with Gasteiger partial charge in [-0.05, 0) is 30.6 Å². The average Bonchev–Trinajstić information content (AvgIpc) is 2.26. The molecule has 1 N–H and O–H groups in total. The van der Waals surface area contributed by atoms with Crippen LogP contribution < -0.4 is 5.32 Å². The zero-order chi connectivity index (χ0) is 10.4. The van der Waals surface area contributed by atoms with Crippen LogP contribution in [0.15, 0.2) is 0 Å². The fourth-order valence-corrected chi connectivity index (χ4v) is 3.44. The fraction of sp³-hybridized carbons (Fsp3) is 0.909. The molecule has 0 aromatic carbocycles. The third-order valence-corrected chi connectivity index (χ3v) is 3.30. The average molecular weight is 197 g/mol. The minimum Gasteiger partial charge on any atom is -0.447 e. The van der Waals surface area contributed by atoms with Crippen molar-refractivity contribution in [3.63, 3.8) is 0 Å². The number of alkyl carbamates (subject to hydrolysis) is 1. The second-order valence-corrected chi connectivity index (χ2v) is 5.84. The molecule has 0 aromatic rings. The molecule has 2 aliphatic rings. The van der Waals surface area contributed by atoms with Gasteiger partial charge >= 0.3 is 6.09 Å². The van der Waals surface area contributed by atoms with E-state index in [4.69, 9.17) is 4.74 Å². The molecule has 0 aromatic heterocycles. The van der Waals surface area contributed by atoms with Crippen molar-refractivity contribution in [1.82, 2.24) is 5.32 Å². The van der Waals surface area contributed by atoms with E-state index in [1.165, 1.54) is 6.42 Å². The van der Waals surface area contributed by atoms with Gasteiger partial charge in [0.2, 0.25) is 0 Å². The zero-order valence-corrected chi connectivity index (χ0v) is 9.22. The second kappa shape index (κ2) is 2.88. The largest absolute Gasteiger partial charge is 0.447 e. The number of carbonyl (C=O) groups excluding carboxylic acids is 1. The van der Waals surface area contributed by atoms with Gasteiger partial charge in [-0.2, -0.15) is 0 Å². The zero-order valence-electron chi connectivity index (χ0n) is 9.22. The summed E-state index contributed by atoms with van der Waals surface area (Å²) in [5.41, 5.74) is 0.247. The van der Waals surface area contributed by atoms with Gasteiger partial charge < -0.3 is 10.1 Å². The summed E-state index contributed by atoms with van der Waals surface area (Å²) < 4.78 is 5.04. The maximum absolute atomic E-state index is 11.1. The van der Waals surface area contributed by atoms with E-state index in [1.54, 1.807) is 0 Å². The Kier molecular flexibility index (Phi) is 2.02. The summed E-state index contributed by atoms with van der Waals surface area (Å²) in [6.07, 6.45) is 3.10. The first-order chi connectivity index (χ1) is 6.41. The van der Waals surface area contributed by atoms with Gasteiger partial charge in [-0.25, -0.2) is 4.79 Å². The monoisotopic (exact) mass is 197 g/mol. The van der Waals surface area contributed by atoms with Gasteiger partial charge in [0, 0.05) is 0 Å². The first kappa shape index (κ1) is 9.81. The molecule has 2 fully saturated rings. The van der Waals surface area contributed by atoms with E-state index in [1.807, 2.05) is 0 Å². The van der Waals surface area contributed by atoms with Crippen molar-refractivity contribution in [1.29, 1.82) is 0 Å². The minimum absolute atomic E-state index is 0.0712. The van der Waals surface area contributed by atoms with Crippen LogP contribution in [0.1, 0.15) is 40.0 Å². The van der Waals surface area contributed by atoms with Crippen molar-refractivity contribution in [2.45, 2.75) is 45.6 Å². The fourth-order valence-electron chi connectivity index (χ4n) is 3.44. The molecule has 1 aliphatic carbocycles. The molecule has 1 heterocycles. The summed E-state index contributed by atoms with van der Waals surface area (Å²) in [6, 6.07) is 0. The van der Waals surface area contributed by atoms with E-state index in [9.17, 15) is 4.79 Å². The molecule has 3 heteroatoms. The number of rotatable bonds is 0. The smallest absolute Gasteiger partial charge is 0.407 e. The summed E-state index contributed by atoms with van der Waals surface area (Å²) in [6.45, 7) is 7.36. The van der Waals surface area contributed by atoms with Gasteiger partial charge in [0.15, 0.2) is 0 Å². The van der Waals surface area contributed by atoms with Gasteiger partial charge in [-0.3, -0.25) is 0 Å². The molecule has 2 rings (SSSR count). The third kappa shape index (κ3) is 1.72. The van der Waals surface area contributed by atoms with E-state index in [-0.39, 0.29) is 11.6 Å². The first-order valence-corrected chi connectivity index (χ1v) is 5.36. The molecule has 1 spiro atoms. The normalized spacial score (nSPS) is 40.8. The summed E-state index contributed by atoms with van der Waals surface area (Å²) in [5, 5.41) is 2.99. The SMILES string of the molecule is CC1CC(C)(C)CC2(COC(=O)N2)C1. The highest BCUT2D eigenvalue weighted by Gasteiger charge is 2.47. The van der Waals surface area contributed by atoms with E-state index in [0.717, 1.165) is 12.8 Å². The van der Waals surface area contributed by atoms with Crippen molar-refractivity contribution in [2.75, 3.05) is 6.61 Å². The molecule has 80 valence electrons. The highest BCUT2D eigenvalue weighted by Crippen LogP contribution is 2.45. The topological polar surface area (TPSA) is 38.3 Å². The maximum atomic E-state index is 11.1. The number of cyclic esters (lactones) is 1. The van der Waals surface area contributed by atoms with Crippen molar-refractivity contribution >= 4 is 6.09 Å². The van der Waals surface area contributed by atoms with Crippen molar-refractivity contribution < 1.29 is 9.53 Å². The first-order valence-electron chi connectivity index (χ1n) is 5.36. The molecule has 1 aliphatic heterocycles. The second-order valence-electron chi connectivity index (χ2n) is 5.84. The number of hydrogen-bond donors (Lipinski definition) is 1. The summed E-state index contributed by atoms with van der Waals surface area (Å²) in [4.78, 5) is 11.1. The van der Waals surface area contributed by atoms with Crippen LogP contribution in [0.25, 0.3) is 0 Å². The van der Waals surface area contributed by atoms with E-state index in [2.05, 4.69) is 26.1 Å². The molecule has 3 nitrogen and oxygen atoms in total.